The van der Waals surface area contributed by atoms with Crippen LogP contribution in [-0.4, -0.2) is 25.4 Å². The first-order valence-corrected chi connectivity index (χ1v) is 11.7. The second-order valence-electron chi connectivity index (χ2n) is 7.52. The molecule has 2 heterocycles. The van der Waals surface area contributed by atoms with Crippen LogP contribution in [0.5, 0.6) is 0 Å². The Hall–Kier alpha value is -2.65. The predicted octanol–water partition coefficient (Wildman–Crippen LogP) is 2.70. The van der Waals surface area contributed by atoms with Crippen LogP contribution in [0.1, 0.15) is 18.4 Å². The van der Waals surface area contributed by atoms with Gasteiger partial charge in [0.05, 0.1) is 20.8 Å². The van der Waals surface area contributed by atoms with Gasteiger partial charge in [-0.05, 0) is 61.2 Å². The first kappa shape index (κ1) is 18.4. The van der Waals surface area contributed by atoms with Crippen molar-refractivity contribution in [2.45, 2.75) is 24.2 Å². The van der Waals surface area contributed by atoms with Crippen molar-refractivity contribution in [3.05, 3.63) is 51.6 Å². The van der Waals surface area contributed by atoms with Crippen molar-refractivity contribution in [3.8, 4) is 0 Å². The standard InChI is InChI=1S/C20H19N3O4S2/c1-22-17-6-4-14(11-18(17)28-20(22)25)21-29(26,27)15-5-7-16-13(10-15)8-9-23(16)19(24)12-2-3-12/h4-7,10-12,21H,2-3,8-9H2,1H3. The number of anilines is 2. The zero-order chi connectivity index (χ0) is 20.3. The van der Waals surface area contributed by atoms with Gasteiger partial charge in [-0.3, -0.25) is 14.3 Å². The molecule has 1 saturated carbocycles. The van der Waals surface area contributed by atoms with Gasteiger partial charge in [-0.15, -0.1) is 0 Å². The van der Waals surface area contributed by atoms with Crippen LogP contribution in [0.15, 0.2) is 46.1 Å². The number of benzene rings is 2. The van der Waals surface area contributed by atoms with E-state index in [0.29, 0.717) is 18.7 Å². The minimum atomic E-state index is -3.78. The SMILES string of the molecule is Cn1c(=O)sc2cc(NS(=O)(=O)c3ccc4c(c3)CCN4C(=O)C3CC3)ccc21. The van der Waals surface area contributed by atoms with Crippen LogP contribution in [0.4, 0.5) is 11.4 Å². The van der Waals surface area contributed by atoms with Crippen molar-refractivity contribution >= 4 is 48.9 Å². The molecule has 0 atom stereocenters. The number of hydrogen-bond acceptors (Lipinski definition) is 5. The molecule has 1 aliphatic heterocycles. The Labute approximate surface area is 171 Å². The lowest BCUT2D eigenvalue weighted by Crippen LogP contribution is -2.30. The summed E-state index contributed by atoms with van der Waals surface area (Å²) in [5, 5.41) is 0. The lowest BCUT2D eigenvalue weighted by molar-refractivity contribution is -0.119. The van der Waals surface area contributed by atoms with E-state index in [-0.39, 0.29) is 21.6 Å². The van der Waals surface area contributed by atoms with Crippen LogP contribution in [0, 0.1) is 5.92 Å². The molecule has 5 rings (SSSR count). The Kier molecular flexibility index (Phi) is 4.08. The van der Waals surface area contributed by atoms with Gasteiger partial charge in [0.15, 0.2) is 0 Å². The molecule has 0 unspecified atom stereocenters. The van der Waals surface area contributed by atoms with Gasteiger partial charge in [0.2, 0.25) is 5.91 Å². The fraction of sp³-hybridized carbons (Fsp3) is 0.300. The molecule has 2 aliphatic rings. The maximum atomic E-state index is 12.9. The number of fused-ring (bicyclic) bond motifs is 2. The highest BCUT2D eigenvalue weighted by molar-refractivity contribution is 7.92. The first-order chi connectivity index (χ1) is 13.8. The molecule has 0 spiro atoms. The maximum Gasteiger partial charge on any atom is 0.307 e. The second kappa shape index (κ2) is 6.43. The van der Waals surface area contributed by atoms with E-state index in [9.17, 15) is 18.0 Å². The Morgan fingerprint density at radius 1 is 1.17 bits per heavy atom. The van der Waals surface area contributed by atoms with Crippen molar-refractivity contribution in [3.63, 3.8) is 0 Å². The number of carbonyl (C=O) groups is 1. The molecule has 0 saturated heterocycles. The molecule has 0 bridgehead atoms. The quantitative estimate of drug-likeness (QED) is 0.691. The zero-order valence-electron chi connectivity index (χ0n) is 15.7. The number of thiazole rings is 1. The third-order valence-corrected chi connectivity index (χ3v) is 7.87. The summed E-state index contributed by atoms with van der Waals surface area (Å²) in [4.78, 5) is 26.0. The first-order valence-electron chi connectivity index (χ1n) is 9.40. The van der Waals surface area contributed by atoms with Crippen molar-refractivity contribution < 1.29 is 13.2 Å². The number of nitrogens with zero attached hydrogens (tertiary/aromatic N) is 2. The highest BCUT2D eigenvalue weighted by atomic mass is 32.2. The van der Waals surface area contributed by atoms with E-state index in [0.717, 1.165) is 45.6 Å². The summed E-state index contributed by atoms with van der Waals surface area (Å²) in [6.07, 6.45) is 2.55. The van der Waals surface area contributed by atoms with Crippen LogP contribution >= 0.6 is 11.3 Å². The highest BCUT2D eigenvalue weighted by Crippen LogP contribution is 2.37. The van der Waals surface area contributed by atoms with Gasteiger partial charge in [0, 0.05) is 25.2 Å². The summed E-state index contributed by atoms with van der Waals surface area (Å²) >= 11 is 1.08. The number of hydrogen-bond donors (Lipinski definition) is 1. The molecular weight excluding hydrogens is 410 g/mol. The molecule has 1 fully saturated rings. The fourth-order valence-electron chi connectivity index (χ4n) is 3.74. The van der Waals surface area contributed by atoms with E-state index in [1.54, 1.807) is 48.3 Å². The smallest absolute Gasteiger partial charge is 0.307 e. The lowest BCUT2D eigenvalue weighted by atomic mass is 10.2. The number of carbonyl (C=O) groups excluding carboxylic acids is 1. The summed E-state index contributed by atoms with van der Waals surface area (Å²) in [5.74, 6) is 0.280. The average Bonchev–Trinajstić information content (AvgIpc) is 3.39. The molecule has 0 radical (unpaired) electrons. The van der Waals surface area contributed by atoms with Crippen molar-refractivity contribution in [2.75, 3.05) is 16.2 Å². The van der Waals surface area contributed by atoms with Gasteiger partial charge < -0.3 is 9.47 Å². The maximum absolute atomic E-state index is 12.9. The summed E-state index contributed by atoms with van der Waals surface area (Å²) < 4.78 is 30.6. The van der Waals surface area contributed by atoms with E-state index in [1.807, 2.05) is 0 Å². The molecule has 1 aliphatic carbocycles. The van der Waals surface area contributed by atoms with E-state index < -0.39 is 10.0 Å². The summed E-state index contributed by atoms with van der Waals surface area (Å²) in [6, 6.07) is 9.96. The monoisotopic (exact) mass is 429 g/mol. The van der Waals surface area contributed by atoms with Gasteiger partial charge in [0.1, 0.15) is 0 Å². The van der Waals surface area contributed by atoms with E-state index in [4.69, 9.17) is 0 Å². The molecule has 150 valence electrons. The van der Waals surface area contributed by atoms with Gasteiger partial charge in [0.25, 0.3) is 10.0 Å². The third-order valence-electron chi connectivity index (χ3n) is 5.49. The number of rotatable bonds is 4. The summed E-state index contributed by atoms with van der Waals surface area (Å²) in [5.41, 5.74) is 2.86. The molecular formula is C20H19N3O4S2. The van der Waals surface area contributed by atoms with Gasteiger partial charge >= 0.3 is 4.87 Å². The number of aryl methyl sites for hydroxylation is 1. The fourth-order valence-corrected chi connectivity index (χ4v) is 5.75. The Bertz CT molecular complexity index is 1320. The number of nitrogens with one attached hydrogen (secondary N) is 1. The largest absolute Gasteiger partial charge is 0.312 e. The topological polar surface area (TPSA) is 88.5 Å². The minimum Gasteiger partial charge on any atom is -0.312 e. The van der Waals surface area contributed by atoms with Crippen LogP contribution in [0.3, 0.4) is 0 Å². The van der Waals surface area contributed by atoms with Crippen LogP contribution < -0.4 is 14.5 Å². The third kappa shape index (κ3) is 3.14. The van der Waals surface area contributed by atoms with Crippen molar-refractivity contribution in [1.29, 1.82) is 0 Å². The van der Waals surface area contributed by atoms with Crippen LogP contribution in [0.25, 0.3) is 10.2 Å². The molecule has 29 heavy (non-hydrogen) atoms. The molecule has 1 amide bonds. The summed E-state index contributed by atoms with van der Waals surface area (Å²) in [7, 11) is -2.10. The average molecular weight is 430 g/mol. The van der Waals surface area contributed by atoms with E-state index in [2.05, 4.69) is 4.72 Å². The number of sulfonamides is 1. The van der Waals surface area contributed by atoms with Crippen molar-refractivity contribution in [1.82, 2.24) is 4.57 Å². The number of amides is 1. The van der Waals surface area contributed by atoms with Gasteiger partial charge in [-0.25, -0.2) is 8.42 Å². The summed E-state index contributed by atoms with van der Waals surface area (Å²) in [6.45, 7) is 0.602. The molecule has 3 aromatic rings. The number of aromatic nitrogens is 1. The molecule has 1 aromatic heterocycles. The zero-order valence-corrected chi connectivity index (χ0v) is 17.3. The molecule has 1 N–H and O–H groups in total. The van der Waals surface area contributed by atoms with Gasteiger partial charge in [-0.1, -0.05) is 11.3 Å². The normalized spacial score (nSPS) is 16.2. The minimum absolute atomic E-state index is 0.0936. The predicted molar refractivity (Wildman–Crippen MR) is 113 cm³/mol. The van der Waals surface area contributed by atoms with Gasteiger partial charge in [-0.2, -0.15) is 0 Å². The van der Waals surface area contributed by atoms with Crippen LogP contribution in [0.2, 0.25) is 0 Å². The highest BCUT2D eigenvalue weighted by Gasteiger charge is 2.36. The van der Waals surface area contributed by atoms with E-state index in [1.165, 1.54) is 4.57 Å². The van der Waals surface area contributed by atoms with Crippen LogP contribution in [-0.2, 0) is 28.3 Å². The second-order valence-corrected chi connectivity index (χ2v) is 10.2. The molecule has 7 nitrogen and oxygen atoms in total. The molecule has 9 heteroatoms. The Morgan fingerprint density at radius 3 is 2.72 bits per heavy atom. The van der Waals surface area contributed by atoms with Crippen molar-refractivity contribution in [2.24, 2.45) is 13.0 Å². The molecule has 2 aromatic carbocycles. The lowest BCUT2D eigenvalue weighted by Gasteiger charge is -2.17. The Morgan fingerprint density at radius 2 is 1.97 bits per heavy atom. The Balaban J connectivity index is 1.43. The van der Waals surface area contributed by atoms with E-state index >= 15 is 0 Å².